The van der Waals surface area contributed by atoms with Crippen LogP contribution in [-0.4, -0.2) is 6.29 Å². The Balaban J connectivity index is 2.58. The first kappa shape index (κ1) is 13.5. The summed E-state index contributed by atoms with van der Waals surface area (Å²) in [6.45, 7) is 6.41. The highest BCUT2D eigenvalue weighted by molar-refractivity contribution is 5.88. The molecule has 2 rings (SSSR count). The maximum atomic E-state index is 11.2. The Morgan fingerprint density at radius 3 is 2.32 bits per heavy atom. The standard InChI is InChI=1S/C18H20O/c1-4-14-8-9-16(11-15(14)5-2)18-10-13(3)6-7-17(18)12-19/h6-12H,4-5H2,1-3H3. The minimum absolute atomic E-state index is 0.761. The summed E-state index contributed by atoms with van der Waals surface area (Å²) in [5, 5.41) is 0. The molecule has 0 N–H and O–H groups in total. The van der Waals surface area contributed by atoms with Gasteiger partial charge < -0.3 is 0 Å². The summed E-state index contributed by atoms with van der Waals surface area (Å²) in [4.78, 5) is 11.2. The van der Waals surface area contributed by atoms with Crippen LogP contribution in [0.2, 0.25) is 0 Å². The van der Waals surface area contributed by atoms with Crippen molar-refractivity contribution in [3.8, 4) is 11.1 Å². The van der Waals surface area contributed by atoms with E-state index in [9.17, 15) is 4.79 Å². The molecule has 0 heterocycles. The lowest BCUT2D eigenvalue weighted by Crippen LogP contribution is -1.94. The second-order valence-electron chi connectivity index (χ2n) is 4.90. The number of hydrogen-bond acceptors (Lipinski definition) is 1. The minimum atomic E-state index is 0.761. The van der Waals surface area contributed by atoms with Crippen LogP contribution in [0, 0.1) is 6.92 Å². The van der Waals surface area contributed by atoms with Gasteiger partial charge in [0.05, 0.1) is 0 Å². The van der Waals surface area contributed by atoms with Gasteiger partial charge >= 0.3 is 0 Å². The van der Waals surface area contributed by atoms with Crippen molar-refractivity contribution in [2.45, 2.75) is 33.6 Å². The molecule has 2 aromatic rings. The van der Waals surface area contributed by atoms with E-state index in [0.717, 1.165) is 35.8 Å². The Bertz CT molecular complexity index is 597. The van der Waals surface area contributed by atoms with Gasteiger partial charge in [0.1, 0.15) is 0 Å². The molecule has 0 bridgehead atoms. The first-order valence-corrected chi connectivity index (χ1v) is 6.87. The summed E-state index contributed by atoms with van der Waals surface area (Å²) in [6, 6.07) is 12.5. The van der Waals surface area contributed by atoms with E-state index in [4.69, 9.17) is 0 Å². The van der Waals surface area contributed by atoms with Crippen LogP contribution < -0.4 is 0 Å². The van der Waals surface area contributed by atoms with Crippen LogP contribution >= 0.6 is 0 Å². The molecule has 0 saturated carbocycles. The van der Waals surface area contributed by atoms with Crippen LogP contribution in [-0.2, 0) is 12.8 Å². The average Bonchev–Trinajstić information content (AvgIpc) is 2.46. The van der Waals surface area contributed by atoms with Gasteiger partial charge in [-0.1, -0.05) is 55.8 Å². The second-order valence-corrected chi connectivity index (χ2v) is 4.90. The van der Waals surface area contributed by atoms with Gasteiger partial charge in [-0.25, -0.2) is 0 Å². The maximum absolute atomic E-state index is 11.2. The zero-order valence-corrected chi connectivity index (χ0v) is 11.9. The van der Waals surface area contributed by atoms with Crippen LogP contribution in [0.15, 0.2) is 36.4 Å². The van der Waals surface area contributed by atoms with E-state index < -0.39 is 0 Å². The Hall–Kier alpha value is -1.89. The highest BCUT2D eigenvalue weighted by Gasteiger charge is 2.07. The third-order valence-electron chi connectivity index (χ3n) is 3.61. The van der Waals surface area contributed by atoms with Crippen molar-refractivity contribution in [2.24, 2.45) is 0 Å². The fourth-order valence-electron chi connectivity index (χ4n) is 2.49. The monoisotopic (exact) mass is 252 g/mol. The minimum Gasteiger partial charge on any atom is -0.298 e. The predicted octanol–water partition coefficient (Wildman–Crippen LogP) is 4.60. The molecular formula is C18H20O. The quantitative estimate of drug-likeness (QED) is 0.727. The van der Waals surface area contributed by atoms with Crippen molar-refractivity contribution < 1.29 is 4.79 Å². The zero-order valence-electron chi connectivity index (χ0n) is 11.9. The molecule has 0 aliphatic rings. The van der Waals surface area contributed by atoms with E-state index in [1.807, 2.05) is 12.1 Å². The third kappa shape index (κ3) is 2.76. The largest absolute Gasteiger partial charge is 0.298 e. The second kappa shape index (κ2) is 5.83. The number of carbonyl (C=O) groups is 1. The van der Waals surface area contributed by atoms with E-state index in [1.54, 1.807) is 0 Å². The summed E-state index contributed by atoms with van der Waals surface area (Å²) in [6.07, 6.45) is 3.02. The molecule has 0 aliphatic carbocycles. The Labute approximate surface area is 115 Å². The summed E-state index contributed by atoms with van der Waals surface area (Å²) < 4.78 is 0. The van der Waals surface area contributed by atoms with Crippen molar-refractivity contribution in [3.05, 3.63) is 58.7 Å². The van der Waals surface area contributed by atoms with Gasteiger partial charge in [0, 0.05) is 5.56 Å². The molecule has 1 nitrogen and oxygen atoms in total. The number of aryl methyl sites for hydroxylation is 3. The molecular weight excluding hydrogens is 232 g/mol. The topological polar surface area (TPSA) is 17.1 Å². The Morgan fingerprint density at radius 2 is 1.68 bits per heavy atom. The molecule has 0 unspecified atom stereocenters. The normalized spacial score (nSPS) is 10.5. The van der Waals surface area contributed by atoms with E-state index in [-0.39, 0.29) is 0 Å². The van der Waals surface area contributed by atoms with Gasteiger partial charge in [-0.2, -0.15) is 0 Å². The Kier molecular flexibility index (Phi) is 4.16. The van der Waals surface area contributed by atoms with Crippen molar-refractivity contribution in [1.82, 2.24) is 0 Å². The zero-order chi connectivity index (χ0) is 13.8. The van der Waals surface area contributed by atoms with Gasteiger partial charge in [0.15, 0.2) is 6.29 Å². The first-order valence-electron chi connectivity index (χ1n) is 6.87. The Morgan fingerprint density at radius 1 is 0.947 bits per heavy atom. The van der Waals surface area contributed by atoms with Crippen molar-refractivity contribution in [2.75, 3.05) is 0 Å². The molecule has 2 aromatic carbocycles. The molecule has 0 atom stereocenters. The number of carbonyl (C=O) groups excluding carboxylic acids is 1. The summed E-state index contributed by atoms with van der Waals surface area (Å²) in [5.41, 5.74) is 6.88. The maximum Gasteiger partial charge on any atom is 0.150 e. The number of rotatable bonds is 4. The number of benzene rings is 2. The number of aldehydes is 1. The predicted molar refractivity (Wildman–Crippen MR) is 80.8 cm³/mol. The van der Waals surface area contributed by atoms with Crippen LogP contribution in [0.5, 0.6) is 0 Å². The highest BCUT2D eigenvalue weighted by Crippen LogP contribution is 2.27. The average molecular weight is 252 g/mol. The molecule has 0 saturated heterocycles. The number of hydrogen-bond donors (Lipinski definition) is 0. The molecule has 0 amide bonds. The molecule has 98 valence electrons. The third-order valence-corrected chi connectivity index (χ3v) is 3.61. The molecule has 0 fully saturated rings. The van der Waals surface area contributed by atoms with Gasteiger partial charge in [0.25, 0.3) is 0 Å². The van der Waals surface area contributed by atoms with Gasteiger partial charge in [-0.3, -0.25) is 4.79 Å². The van der Waals surface area contributed by atoms with E-state index in [1.165, 1.54) is 16.7 Å². The van der Waals surface area contributed by atoms with Crippen LogP contribution in [0.25, 0.3) is 11.1 Å². The van der Waals surface area contributed by atoms with E-state index in [2.05, 4.69) is 45.0 Å². The summed E-state index contributed by atoms with van der Waals surface area (Å²) in [7, 11) is 0. The van der Waals surface area contributed by atoms with Gasteiger partial charge in [-0.05, 0) is 42.0 Å². The van der Waals surface area contributed by atoms with E-state index >= 15 is 0 Å². The lowest BCUT2D eigenvalue weighted by molar-refractivity contribution is 0.112. The van der Waals surface area contributed by atoms with Crippen molar-refractivity contribution in [3.63, 3.8) is 0 Å². The molecule has 1 heteroatoms. The molecule has 0 radical (unpaired) electrons. The first-order chi connectivity index (χ1) is 9.19. The fraction of sp³-hybridized carbons (Fsp3) is 0.278. The van der Waals surface area contributed by atoms with Crippen LogP contribution in [0.4, 0.5) is 0 Å². The SMILES string of the molecule is CCc1ccc(-c2cc(C)ccc2C=O)cc1CC. The van der Waals surface area contributed by atoms with Gasteiger partial charge in [-0.15, -0.1) is 0 Å². The summed E-state index contributed by atoms with van der Waals surface area (Å²) in [5.74, 6) is 0. The molecule has 0 aromatic heterocycles. The molecule has 19 heavy (non-hydrogen) atoms. The fourth-order valence-corrected chi connectivity index (χ4v) is 2.49. The van der Waals surface area contributed by atoms with Crippen LogP contribution in [0.3, 0.4) is 0 Å². The van der Waals surface area contributed by atoms with Gasteiger partial charge in [0.2, 0.25) is 0 Å². The molecule has 0 spiro atoms. The highest BCUT2D eigenvalue weighted by atomic mass is 16.1. The van der Waals surface area contributed by atoms with E-state index in [0.29, 0.717) is 0 Å². The summed E-state index contributed by atoms with van der Waals surface area (Å²) >= 11 is 0. The smallest absolute Gasteiger partial charge is 0.150 e. The van der Waals surface area contributed by atoms with Crippen molar-refractivity contribution >= 4 is 6.29 Å². The van der Waals surface area contributed by atoms with Crippen LogP contribution in [0.1, 0.15) is 40.9 Å². The lowest BCUT2D eigenvalue weighted by atomic mass is 9.93. The molecule has 0 aliphatic heterocycles. The van der Waals surface area contributed by atoms with Crippen molar-refractivity contribution in [1.29, 1.82) is 0 Å². The lowest BCUT2D eigenvalue weighted by Gasteiger charge is -2.11.